The van der Waals surface area contributed by atoms with Gasteiger partial charge in [0.25, 0.3) is 0 Å². The fourth-order valence-corrected chi connectivity index (χ4v) is 2.39. The van der Waals surface area contributed by atoms with Crippen LogP contribution in [0.4, 0.5) is 0 Å². The lowest BCUT2D eigenvalue weighted by atomic mass is 9.97. The van der Waals surface area contributed by atoms with Crippen molar-refractivity contribution in [2.24, 2.45) is 11.7 Å². The minimum Gasteiger partial charge on any atom is -0.330 e. The monoisotopic (exact) mass is 205 g/mol. The van der Waals surface area contributed by atoms with Crippen molar-refractivity contribution in [3.05, 3.63) is 29.6 Å². The molecule has 0 bridgehead atoms. The second kappa shape index (κ2) is 4.29. The maximum Gasteiger partial charge on any atom is 0.0578 e. The first-order chi connectivity index (χ1) is 7.22. The van der Waals surface area contributed by atoms with Gasteiger partial charge in [0, 0.05) is 6.20 Å². The molecule has 1 aromatic heterocycles. The Hall–Kier alpha value is -0.930. The topological polar surface area (TPSA) is 42.1 Å². The Bertz CT molecular complexity index is 320. The predicted octanol–water partition coefficient (Wildman–Crippen LogP) is 1.34. The summed E-state index contributed by atoms with van der Waals surface area (Å²) in [5.74, 6) is 0.560. The Kier molecular flexibility index (Phi) is 3.03. The molecule has 3 heteroatoms. The first kappa shape index (κ1) is 10.6. The van der Waals surface area contributed by atoms with Crippen LogP contribution in [0.15, 0.2) is 18.3 Å². The molecular formula is C12H19N3. The van der Waals surface area contributed by atoms with Gasteiger partial charge < -0.3 is 5.73 Å². The number of hydrogen-bond donors (Lipinski definition) is 1. The first-order valence-electron chi connectivity index (χ1n) is 5.55. The van der Waals surface area contributed by atoms with Crippen molar-refractivity contribution in [3.8, 4) is 0 Å². The minimum atomic E-state index is 0.413. The van der Waals surface area contributed by atoms with Crippen LogP contribution in [-0.4, -0.2) is 30.0 Å². The van der Waals surface area contributed by atoms with Gasteiger partial charge in [0.2, 0.25) is 0 Å². The van der Waals surface area contributed by atoms with Crippen molar-refractivity contribution in [2.75, 3.05) is 20.1 Å². The maximum atomic E-state index is 5.80. The lowest BCUT2D eigenvalue weighted by Crippen LogP contribution is -2.25. The zero-order valence-electron chi connectivity index (χ0n) is 9.48. The molecule has 0 aromatic carbocycles. The summed E-state index contributed by atoms with van der Waals surface area (Å²) in [7, 11) is 2.15. The number of aromatic nitrogens is 1. The van der Waals surface area contributed by atoms with Gasteiger partial charge in [-0.05, 0) is 51.0 Å². The molecular weight excluding hydrogens is 186 g/mol. The van der Waals surface area contributed by atoms with Gasteiger partial charge in [-0.25, -0.2) is 0 Å². The summed E-state index contributed by atoms with van der Waals surface area (Å²) in [5, 5.41) is 0. The molecule has 0 amide bonds. The molecule has 0 aliphatic carbocycles. The molecule has 0 saturated carbocycles. The van der Waals surface area contributed by atoms with E-state index >= 15 is 0 Å². The quantitative estimate of drug-likeness (QED) is 0.792. The van der Waals surface area contributed by atoms with Crippen LogP contribution in [0.1, 0.15) is 23.7 Å². The lowest BCUT2D eigenvalue weighted by Gasteiger charge is -2.23. The van der Waals surface area contributed by atoms with E-state index in [2.05, 4.69) is 36.0 Å². The van der Waals surface area contributed by atoms with Gasteiger partial charge in [-0.3, -0.25) is 9.88 Å². The van der Waals surface area contributed by atoms with Crippen LogP contribution >= 0.6 is 0 Å². The van der Waals surface area contributed by atoms with Gasteiger partial charge in [-0.2, -0.15) is 0 Å². The summed E-state index contributed by atoms with van der Waals surface area (Å²) < 4.78 is 0. The fourth-order valence-electron chi connectivity index (χ4n) is 2.39. The lowest BCUT2D eigenvalue weighted by molar-refractivity contribution is 0.274. The molecule has 1 fully saturated rings. The average molecular weight is 205 g/mol. The largest absolute Gasteiger partial charge is 0.330 e. The summed E-state index contributed by atoms with van der Waals surface area (Å²) in [6.45, 7) is 3.95. The van der Waals surface area contributed by atoms with Gasteiger partial charge in [0.05, 0.1) is 11.7 Å². The van der Waals surface area contributed by atoms with Gasteiger partial charge in [0.15, 0.2) is 0 Å². The summed E-state index contributed by atoms with van der Waals surface area (Å²) in [5.41, 5.74) is 8.17. The first-order valence-corrected chi connectivity index (χ1v) is 5.55. The smallest absolute Gasteiger partial charge is 0.0578 e. The number of pyridine rings is 1. The maximum absolute atomic E-state index is 5.80. The van der Waals surface area contributed by atoms with Crippen LogP contribution in [-0.2, 0) is 0 Å². The normalized spacial score (nSPS) is 27.1. The van der Waals surface area contributed by atoms with Crippen molar-refractivity contribution < 1.29 is 0 Å². The van der Waals surface area contributed by atoms with Gasteiger partial charge >= 0.3 is 0 Å². The van der Waals surface area contributed by atoms with Crippen molar-refractivity contribution in [2.45, 2.75) is 19.4 Å². The molecule has 1 aromatic rings. The van der Waals surface area contributed by atoms with Crippen molar-refractivity contribution >= 4 is 0 Å². The van der Waals surface area contributed by atoms with E-state index in [1.807, 2.05) is 6.20 Å². The van der Waals surface area contributed by atoms with Crippen molar-refractivity contribution in [1.29, 1.82) is 0 Å². The molecule has 2 unspecified atom stereocenters. The van der Waals surface area contributed by atoms with E-state index in [0.717, 1.165) is 18.8 Å². The fraction of sp³-hybridized carbons (Fsp3) is 0.583. The van der Waals surface area contributed by atoms with E-state index in [-0.39, 0.29) is 0 Å². The number of nitrogens with zero attached hydrogens (tertiary/aromatic N) is 2. The van der Waals surface area contributed by atoms with E-state index in [1.165, 1.54) is 12.0 Å². The third-order valence-corrected chi connectivity index (χ3v) is 3.31. The van der Waals surface area contributed by atoms with E-state index in [4.69, 9.17) is 5.73 Å². The summed E-state index contributed by atoms with van der Waals surface area (Å²) >= 11 is 0. The van der Waals surface area contributed by atoms with Crippen molar-refractivity contribution in [1.82, 2.24) is 9.88 Å². The highest BCUT2D eigenvalue weighted by Crippen LogP contribution is 2.34. The highest BCUT2D eigenvalue weighted by molar-refractivity contribution is 5.17. The Morgan fingerprint density at radius 3 is 2.93 bits per heavy atom. The van der Waals surface area contributed by atoms with Gasteiger partial charge in [0.1, 0.15) is 0 Å². The van der Waals surface area contributed by atoms with E-state index in [1.54, 1.807) is 0 Å². The van der Waals surface area contributed by atoms with Crippen LogP contribution in [0, 0.1) is 12.8 Å². The zero-order valence-corrected chi connectivity index (χ0v) is 9.48. The molecule has 0 radical (unpaired) electrons. The zero-order chi connectivity index (χ0) is 10.8. The number of likely N-dealkylation sites (tertiary alicyclic amines) is 1. The summed E-state index contributed by atoms with van der Waals surface area (Å²) in [6.07, 6.45) is 3.13. The molecule has 0 spiro atoms. The molecule has 1 saturated heterocycles. The summed E-state index contributed by atoms with van der Waals surface area (Å²) in [6, 6.07) is 4.67. The van der Waals surface area contributed by atoms with Crippen molar-refractivity contribution in [3.63, 3.8) is 0 Å². The van der Waals surface area contributed by atoms with Crippen LogP contribution in [0.25, 0.3) is 0 Å². The molecule has 82 valence electrons. The number of hydrogen-bond acceptors (Lipinski definition) is 3. The minimum absolute atomic E-state index is 0.413. The standard InChI is InChI=1S/C12H19N3/c1-9-3-4-11(14-8-9)12-10(7-13)5-6-15(12)2/h3-4,8,10,12H,5-7,13H2,1-2H3. The van der Waals surface area contributed by atoms with Crippen LogP contribution < -0.4 is 5.73 Å². The van der Waals surface area contributed by atoms with Gasteiger partial charge in [-0.15, -0.1) is 0 Å². The Morgan fingerprint density at radius 2 is 2.33 bits per heavy atom. The second-order valence-electron chi connectivity index (χ2n) is 4.47. The third kappa shape index (κ3) is 2.03. The molecule has 2 atom stereocenters. The summed E-state index contributed by atoms with van der Waals surface area (Å²) in [4.78, 5) is 6.87. The number of rotatable bonds is 2. The third-order valence-electron chi connectivity index (χ3n) is 3.31. The molecule has 1 aliphatic rings. The second-order valence-corrected chi connectivity index (χ2v) is 4.47. The molecule has 3 nitrogen and oxygen atoms in total. The number of aryl methyl sites for hydroxylation is 1. The van der Waals surface area contributed by atoms with Crippen LogP contribution in [0.2, 0.25) is 0 Å². The predicted molar refractivity (Wildman–Crippen MR) is 61.5 cm³/mol. The van der Waals surface area contributed by atoms with Crippen LogP contribution in [0.5, 0.6) is 0 Å². The average Bonchev–Trinajstić information content (AvgIpc) is 2.61. The Morgan fingerprint density at radius 1 is 1.53 bits per heavy atom. The molecule has 2 N–H and O–H groups in total. The SMILES string of the molecule is Cc1ccc(C2C(CN)CCN2C)nc1. The molecule has 1 aliphatic heterocycles. The van der Waals surface area contributed by atoms with E-state index in [0.29, 0.717) is 12.0 Å². The number of nitrogens with two attached hydrogens (primary N) is 1. The van der Waals surface area contributed by atoms with E-state index < -0.39 is 0 Å². The highest BCUT2D eigenvalue weighted by Gasteiger charge is 2.32. The Balaban J connectivity index is 2.24. The molecule has 2 rings (SSSR count). The van der Waals surface area contributed by atoms with E-state index in [9.17, 15) is 0 Å². The molecule has 15 heavy (non-hydrogen) atoms. The molecule has 2 heterocycles. The Labute approximate surface area is 91.3 Å². The highest BCUT2D eigenvalue weighted by atomic mass is 15.2. The van der Waals surface area contributed by atoms with Crippen LogP contribution in [0.3, 0.4) is 0 Å². The van der Waals surface area contributed by atoms with Gasteiger partial charge in [-0.1, -0.05) is 6.07 Å².